The van der Waals surface area contributed by atoms with E-state index in [9.17, 15) is 24.3 Å². The normalized spacial score (nSPS) is 13.7. The van der Waals surface area contributed by atoms with Crippen LogP contribution in [-0.4, -0.2) is 65.9 Å². The number of hydrogen-bond donors (Lipinski definition) is 4. The second-order valence-corrected chi connectivity index (χ2v) is 11.8. The minimum atomic E-state index is -1.37. The van der Waals surface area contributed by atoms with Gasteiger partial charge in [0.25, 0.3) is 0 Å². The molecule has 0 fully saturated rings. The van der Waals surface area contributed by atoms with Gasteiger partial charge in [-0.15, -0.1) is 0 Å². The summed E-state index contributed by atoms with van der Waals surface area (Å²) in [5.41, 5.74) is 1.65. The number of amides is 3. The van der Waals surface area contributed by atoms with Crippen LogP contribution in [0.5, 0.6) is 5.75 Å². The summed E-state index contributed by atoms with van der Waals surface area (Å²) >= 11 is 0. The molecule has 0 saturated carbocycles. The number of alkyl carbamates (subject to hydrolysis) is 1. The maximum absolute atomic E-state index is 13.7. The number of esters is 1. The number of rotatable bonds is 14. The Morgan fingerprint density at radius 1 is 0.717 bits per heavy atom. The van der Waals surface area contributed by atoms with Crippen molar-refractivity contribution in [3.8, 4) is 5.75 Å². The average molecular weight is 634 g/mol. The van der Waals surface area contributed by atoms with Gasteiger partial charge in [0.15, 0.2) is 6.04 Å². The van der Waals surface area contributed by atoms with Gasteiger partial charge in [-0.05, 0) is 56.5 Å². The topological polar surface area (TPSA) is 152 Å². The van der Waals surface area contributed by atoms with Crippen LogP contribution in [0.4, 0.5) is 4.79 Å². The lowest BCUT2D eigenvalue weighted by Gasteiger charge is -2.27. The van der Waals surface area contributed by atoms with Gasteiger partial charge in [-0.25, -0.2) is 9.59 Å². The van der Waals surface area contributed by atoms with Gasteiger partial charge in [-0.3, -0.25) is 9.59 Å². The highest BCUT2D eigenvalue weighted by Crippen LogP contribution is 2.16. The van der Waals surface area contributed by atoms with Crippen molar-refractivity contribution in [2.75, 3.05) is 7.11 Å². The number of aliphatic hydroxyl groups excluding tert-OH is 1. The average Bonchev–Trinajstić information content (AvgIpc) is 3.02. The first-order valence-electron chi connectivity index (χ1n) is 15.0. The highest BCUT2D eigenvalue weighted by atomic mass is 16.6. The monoisotopic (exact) mass is 633 g/mol. The summed E-state index contributed by atoms with van der Waals surface area (Å²) in [6.07, 6.45) is -1.93. The molecule has 4 atom stereocenters. The van der Waals surface area contributed by atoms with Gasteiger partial charge >= 0.3 is 12.1 Å². The second-order valence-electron chi connectivity index (χ2n) is 11.8. The maximum Gasteiger partial charge on any atom is 0.408 e. The molecule has 3 rings (SSSR count). The molecule has 0 bridgehead atoms. The van der Waals surface area contributed by atoms with Crippen LogP contribution in [-0.2, 0) is 43.3 Å². The number of carbonyl (C=O) groups excluding carboxylic acids is 4. The Morgan fingerprint density at radius 2 is 1.22 bits per heavy atom. The Hall–Kier alpha value is -4.90. The lowest BCUT2D eigenvalue weighted by Crippen LogP contribution is -2.58. The molecule has 246 valence electrons. The van der Waals surface area contributed by atoms with E-state index in [1.807, 2.05) is 60.7 Å². The quantitative estimate of drug-likeness (QED) is 0.197. The SMILES string of the molecule is COC(=O)[C@H](NC(=O)[C@H](Cc1ccc(OCc2ccccc2)cc1)NC(=O)[C@@H](Cc1ccccc1)NC(=O)OC(C)(C)C)[C@H](C)O. The molecule has 0 heterocycles. The summed E-state index contributed by atoms with van der Waals surface area (Å²) in [5.74, 6) is -1.61. The van der Waals surface area contributed by atoms with E-state index in [1.165, 1.54) is 6.92 Å². The van der Waals surface area contributed by atoms with Crippen molar-refractivity contribution in [1.29, 1.82) is 0 Å². The smallest absolute Gasteiger partial charge is 0.408 e. The maximum atomic E-state index is 13.7. The van der Waals surface area contributed by atoms with Crippen LogP contribution in [0.25, 0.3) is 0 Å². The van der Waals surface area contributed by atoms with Crippen molar-refractivity contribution >= 4 is 23.9 Å². The molecule has 0 aliphatic carbocycles. The van der Waals surface area contributed by atoms with E-state index in [0.717, 1.165) is 18.2 Å². The van der Waals surface area contributed by atoms with Crippen LogP contribution in [0, 0.1) is 0 Å². The van der Waals surface area contributed by atoms with Gasteiger partial charge in [0.05, 0.1) is 13.2 Å². The first kappa shape index (κ1) is 35.6. The molecule has 11 heteroatoms. The second kappa shape index (κ2) is 17.0. The van der Waals surface area contributed by atoms with Crippen LogP contribution in [0.1, 0.15) is 44.4 Å². The number of benzene rings is 3. The first-order valence-corrected chi connectivity index (χ1v) is 15.0. The number of ether oxygens (including phenoxy) is 3. The van der Waals surface area contributed by atoms with E-state index in [1.54, 1.807) is 45.0 Å². The largest absolute Gasteiger partial charge is 0.489 e. The van der Waals surface area contributed by atoms with E-state index < -0.39 is 53.7 Å². The zero-order valence-corrected chi connectivity index (χ0v) is 26.8. The van der Waals surface area contributed by atoms with Crippen molar-refractivity contribution < 1.29 is 38.5 Å². The molecule has 0 radical (unpaired) electrons. The zero-order valence-electron chi connectivity index (χ0n) is 26.8. The Morgan fingerprint density at radius 3 is 1.74 bits per heavy atom. The molecule has 11 nitrogen and oxygen atoms in total. The first-order chi connectivity index (χ1) is 21.8. The molecular formula is C35H43N3O8. The predicted octanol–water partition coefficient (Wildman–Crippen LogP) is 3.47. The van der Waals surface area contributed by atoms with Gasteiger partial charge in [-0.1, -0.05) is 72.8 Å². The Balaban J connectivity index is 1.83. The summed E-state index contributed by atoms with van der Waals surface area (Å²) in [7, 11) is 1.14. The molecule has 0 aromatic heterocycles. The third kappa shape index (κ3) is 11.9. The molecule has 0 spiro atoms. The number of carbonyl (C=O) groups is 4. The summed E-state index contributed by atoms with van der Waals surface area (Å²) < 4.78 is 16.0. The predicted molar refractivity (Wildman–Crippen MR) is 172 cm³/mol. The van der Waals surface area contributed by atoms with Crippen molar-refractivity contribution in [2.24, 2.45) is 0 Å². The van der Waals surface area contributed by atoms with Gasteiger partial charge in [-0.2, -0.15) is 0 Å². The number of aliphatic hydroxyl groups is 1. The van der Waals surface area contributed by atoms with Crippen LogP contribution < -0.4 is 20.7 Å². The lowest BCUT2D eigenvalue weighted by molar-refractivity contribution is -0.148. The van der Waals surface area contributed by atoms with Crippen molar-refractivity contribution in [1.82, 2.24) is 16.0 Å². The van der Waals surface area contributed by atoms with Crippen molar-refractivity contribution in [3.63, 3.8) is 0 Å². The molecule has 0 aliphatic heterocycles. The fraction of sp³-hybridized carbons (Fsp3) is 0.371. The van der Waals surface area contributed by atoms with Crippen LogP contribution in [0.3, 0.4) is 0 Å². The Bertz CT molecular complexity index is 1420. The van der Waals surface area contributed by atoms with Crippen LogP contribution in [0.15, 0.2) is 84.9 Å². The molecule has 0 saturated heterocycles. The van der Waals surface area contributed by atoms with E-state index in [-0.39, 0.29) is 12.8 Å². The van der Waals surface area contributed by atoms with Gasteiger partial charge < -0.3 is 35.3 Å². The zero-order chi connectivity index (χ0) is 33.7. The minimum Gasteiger partial charge on any atom is -0.489 e. The molecular weight excluding hydrogens is 590 g/mol. The van der Waals surface area contributed by atoms with Crippen LogP contribution in [0.2, 0.25) is 0 Å². The molecule has 3 aromatic rings. The summed E-state index contributed by atoms with van der Waals surface area (Å²) in [6, 6.07) is 22.1. The van der Waals surface area contributed by atoms with Gasteiger partial charge in [0.2, 0.25) is 11.8 Å². The fourth-order valence-electron chi connectivity index (χ4n) is 4.45. The standard InChI is InChI=1S/C35H43N3O8/c1-23(39)30(33(42)44-5)38-32(41)28(21-25-16-18-27(19-17-25)45-22-26-14-10-7-11-15-26)36-31(40)29(20-24-12-8-6-9-13-24)37-34(43)46-35(2,3)4/h6-19,23,28-30,39H,20-22H2,1-5H3,(H,36,40)(H,37,43)(H,38,41)/t23-,28-,29+,30+/m0/s1. The number of hydrogen-bond acceptors (Lipinski definition) is 8. The molecule has 4 N–H and O–H groups in total. The highest BCUT2D eigenvalue weighted by Gasteiger charge is 2.33. The molecule has 3 amide bonds. The van der Waals surface area contributed by atoms with Gasteiger partial charge in [0.1, 0.15) is 30.0 Å². The molecule has 0 unspecified atom stereocenters. The number of nitrogens with one attached hydrogen (secondary N) is 3. The lowest BCUT2D eigenvalue weighted by atomic mass is 10.0. The summed E-state index contributed by atoms with van der Waals surface area (Å²) in [5, 5.41) is 18.0. The molecule has 46 heavy (non-hydrogen) atoms. The van der Waals surface area contributed by atoms with E-state index in [4.69, 9.17) is 14.2 Å². The Kier molecular flexibility index (Phi) is 13.1. The van der Waals surface area contributed by atoms with E-state index in [2.05, 4.69) is 16.0 Å². The Labute approximate surface area is 269 Å². The van der Waals surface area contributed by atoms with Crippen molar-refractivity contribution in [2.45, 2.75) is 77.0 Å². The fourth-order valence-corrected chi connectivity index (χ4v) is 4.45. The molecule has 3 aromatic carbocycles. The number of methoxy groups -OCH3 is 1. The van der Waals surface area contributed by atoms with E-state index in [0.29, 0.717) is 17.9 Å². The summed E-state index contributed by atoms with van der Waals surface area (Å²) in [6.45, 7) is 6.83. The van der Waals surface area contributed by atoms with Crippen LogP contribution >= 0.6 is 0 Å². The minimum absolute atomic E-state index is 0.0226. The summed E-state index contributed by atoms with van der Waals surface area (Å²) in [4.78, 5) is 52.2. The van der Waals surface area contributed by atoms with Crippen molar-refractivity contribution in [3.05, 3.63) is 102 Å². The van der Waals surface area contributed by atoms with Gasteiger partial charge in [0, 0.05) is 12.8 Å². The third-order valence-corrected chi connectivity index (χ3v) is 6.77. The third-order valence-electron chi connectivity index (χ3n) is 6.77. The van der Waals surface area contributed by atoms with E-state index >= 15 is 0 Å². The molecule has 0 aliphatic rings. The highest BCUT2D eigenvalue weighted by molar-refractivity contribution is 5.93.